The number of fused-ring (bicyclic) bond motifs is 3. The van der Waals surface area contributed by atoms with Crippen LogP contribution in [-0.4, -0.2) is 96.8 Å². The van der Waals surface area contributed by atoms with Crippen molar-refractivity contribution in [3.8, 4) is 5.75 Å². The number of ketones is 1. The third-order valence-corrected chi connectivity index (χ3v) is 9.50. The van der Waals surface area contributed by atoms with Gasteiger partial charge in [0.05, 0.1) is 17.2 Å². The highest BCUT2D eigenvalue weighted by molar-refractivity contribution is 6.14. The van der Waals surface area contributed by atoms with Crippen molar-refractivity contribution in [2.24, 2.45) is 17.6 Å². The van der Waals surface area contributed by atoms with Crippen molar-refractivity contribution in [2.45, 2.75) is 56.7 Å². The number of phenolic OH excluding ortho intramolecular Hbond substituents is 1. The number of rotatable bonds is 6. The Balaban J connectivity index is 1.66. The van der Waals surface area contributed by atoms with Crippen molar-refractivity contribution in [3.05, 3.63) is 45.4 Å². The summed E-state index contributed by atoms with van der Waals surface area (Å²) in [4.78, 5) is 32.7. The van der Waals surface area contributed by atoms with Gasteiger partial charge in [0.1, 0.15) is 22.9 Å². The van der Waals surface area contributed by atoms with Gasteiger partial charge < -0.3 is 30.7 Å². The Bertz CT molecular complexity index is 1300. The first-order valence-electron chi connectivity index (χ1n) is 14.1. The van der Waals surface area contributed by atoms with Gasteiger partial charge in [0.25, 0.3) is 0 Å². The number of hydrogen-bond acceptors (Lipinski definition) is 9. The highest BCUT2D eigenvalue weighted by atomic mass is 16.5. The Morgan fingerprint density at radius 2 is 1.82 bits per heavy atom. The standard InChI is InChI=1S/C30H42N4O6/c1-32(2)24-17(15-34-9-7-6-8-10-34)13-21(35)23-18(24)11-16-12-20-25(33(3)4)26(36)19(29(31)39)14-30(20,40-5)28(38)22(16)27(23)37/h13,16,20,25,35-36,38H,6-12,14-15H2,1-5H3,(H2,31,39)/t16-,20-,25-,30-/m0/s1. The molecule has 40 heavy (non-hydrogen) atoms. The van der Waals surface area contributed by atoms with Crippen molar-refractivity contribution in [1.82, 2.24) is 9.80 Å². The number of piperidine rings is 1. The number of carbonyl (C=O) groups is 2. The van der Waals surface area contributed by atoms with Crippen LogP contribution in [0.2, 0.25) is 0 Å². The molecule has 1 aliphatic heterocycles. The number of benzene rings is 1. The van der Waals surface area contributed by atoms with Crippen molar-refractivity contribution in [3.63, 3.8) is 0 Å². The minimum atomic E-state index is -1.42. The first kappa shape index (κ1) is 28.4. The van der Waals surface area contributed by atoms with E-state index in [2.05, 4.69) is 4.90 Å². The van der Waals surface area contributed by atoms with Crippen molar-refractivity contribution < 1.29 is 29.6 Å². The van der Waals surface area contributed by atoms with E-state index in [9.17, 15) is 24.9 Å². The Morgan fingerprint density at radius 1 is 1.15 bits per heavy atom. The van der Waals surface area contributed by atoms with Gasteiger partial charge in [0.15, 0.2) is 5.78 Å². The second kappa shape index (κ2) is 10.4. The number of aliphatic hydroxyl groups is 2. The van der Waals surface area contributed by atoms with Crippen molar-refractivity contribution in [1.29, 1.82) is 0 Å². The lowest BCUT2D eigenvalue weighted by Crippen LogP contribution is -2.60. The van der Waals surface area contributed by atoms with E-state index in [1.807, 2.05) is 19.0 Å². The first-order chi connectivity index (χ1) is 18.9. The molecule has 4 aliphatic rings. The molecule has 0 aromatic heterocycles. The molecule has 0 unspecified atom stereocenters. The lowest BCUT2D eigenvalue weighted by molar-refractivity contribution is -0.121. The number of nitrogens with two attached hydrogens (primary N) is 1. The van der Waals surface area contributed by atoms with E-state index in [1.165, 1.54) is 13.5 Å². The monoisotopic (exact) mass is 554 g/mol. The first-order valence-corrected chi connectivity index (χ1v) is 14.1. The van der Waals surface area contributed by atoms with Crippen LogP contribution < -0.4 is 10.6 Å². The maximum atomic E-state index is 14.2. The van der Waals surface area contributed by atoms with Gasteiger partial charge in [0, 0.05) is 51.3 Å². The summed E-state index contributed by atoms with van der Waals surface area (Å²) < 4.78 is 5.97. The molecule has 4 atom stereocenters. The number of ether oxygens (including phenoxy) is 1. The molecule has 1 saturated heterocycles. The molecule has 1 amide bonds. The Hall–Kier alpha value is -3.08. The summed E-state index contributed by atoms with van der Waals surface area (Å²) in [7, 11) is 8.92. The number of phenols is 1. The largest absolute Gasteiger partial charge is 0.510 e. The average molecular weight is 555 g/mol. The molecule has 0 bridgehead atoms. The average Bonchev–Trinajstić information content (AvgIpc) is 2.88. The number of amides is 1. The van der Waals surface area contributed by atoms with Crippen LogP contribution in [0.4, 0.5) is 5.69 Å². The number of aliphatic hydroxyl groups excluding tert-OH is 2. The molecule has 1 fully saturated rings. The third-order valence-electron chi connectivity index (χ3n) is 9.50. The van der Waals surface area contributed by atoms with Crippen LogP contribution in [0.3, 0.4) is 0 Å². The lowest BCUT2D eigenvalue weighted by atomic mass is 9.58. The number of likely N-dealkylation sites (N-methyl/N-ethyl adjacent to an activating group) is 1. The van der Waals surface area contributed by atoms with Crippen molar-refractivity contribution in [2.75, 3.05) is 53.3 Å². The predicted octanol–water partition coefficient (Wildman–Crippen LogP) is 2.65. The zero-order valence-electron chi connectivity index (χ0n) is 24.2. The molecular weight excluding hydrogens is 512 g/mol. The minimum absolute atomic E-state index is 0.0221. The molecule has 0 saturated carbocycles. The van der Waals surface area contributed by atoms with Crippen LogP contribution in [0.15, 0.2) is 28.7 Å². The normalized spacial score (nSPS) is 28.9. The Labute approximate surface area is 235 Å². The molecule has 10 nitrogen and oxygen atoms in total. The molecule has 0 spiro atoms. The third kappa shape index (κ3) is 4.28. The SMILES string of the molecule is CO[C@@]12CC(C(N)=O)=C(O)[C@@H](N(C)C)[C@@H]1C[C@@H]1Cc3c(c(O)cc(CN4CCCCC4)c3N(C)C)C(=O)C1=C2O. The molecular formula is C30H42N4O6. The second-order valence-corrected chi connectivity index (χ2v) is 12.2. The van der Waals surface area contributed by atoms with E-state index in [-0.39, 0.29) is 46.3 Å². The predicted molar refractivity (Wildman–Crippen MR) is 152 cm³/mol. The summed E-state index contributed by atoms with van der Waals surface area (Å²) in [6.07, 6.45) is 4.25. The molecule has 5 N–H and O–H groups in total. The number of hydrogen-bond donors (Lipinski definition) is 4. The number of allylic oxidation sites excluding steroid dienone is 1. The highest BCUT2D eigenvalue weighted by Gasteiger charge is 2.59. The van der Waals surface area contributed by atoms with Gasteiger partial charge >= 0.3 is 0 Å². The van der Waals surface area contributed by atoms with Crippen LogP contribution in [0.25, 0.3) is 0 Å². The van der Waals surface area contributed by atoms with Gasteiger partial charge in [-0.3, -0.25) is 19.4 Å². The number of primary amides is 1. The fourth-order valence-electron chi connectivity index (χ4n) is 7.79. The van der Waals surface area contributed by atoms with Crippen LogP contribution in [-0.2, 0) is 22.5 Å². The fraction of sp³-hybridized carbons (Fsp3) is 0.600. The van der Waals surface area contributed by atoms with Crippen LogP contribution >= 0.6 is 0 Å². The molecule has 218 valence electrons. The Morgan fingerprint density at radius 3 is 2.40 bits per heavy atom. The summed E-state index contributed by atoms with van der Waals surface area (Å²) in [5.41, 5.74) is 7.30. The van der Waals surface area contributed by atoms with Crippen LogP contribution in [0, 0.1) is 11.8 Å². The number of likely N-dealkylation sites (tertiary alicyclic amines) is 1. The quantitative estimate of drug-likeness (QED) is 0.418. The number of carbonyl (C=O) groups excluding carboxylic acids is 2. The topological polar surface area (TPSA) is 140 Å². The summed E-state index contributed by atoms with van der Waals surface area (Å²) in [5, 5.41) is 34.2. The van der Waals surface area contributed by atoms with Crippen molar-refractivity contribution >= 4 is 17.4 Å². The van der Waals surface area contributed by atoms with Gasteiger partial charge in [-0.2, -0.15) is 0 Å². The van der Waals surface area contributed by atoms with Gasteiger partial charge in [0.2, 0.25) is 5.91 Å². The zero-order chi connectivity index (χ0) is 29.1. The number of aromatic hydroxyl groups is 1. The molecule has 3 aliphatic carbocycles. The maximum Gasteiger partial charge on any atom is 0.248 e. The van der Waals surface area contributed by atoms with Crippen LogP contribution in [0.5, 0.6) is 5.75 Å². The maximum absolute atomic E-state index is 14.2. The van der Waals surface area contributed by atoms with E-state index in [0.717, 1.165) is 42.7 Å². The molecule has 0 radical (unpaired) electrons. The lowest BCUT2D eigenvalue weighted by Gasteiger charge is -2.53. The number of methoxy groups -OCH3 is 1. The summed E-state index contributed by atoms with van der Waals surface area (Å²) in [6.45, 7) is 2.70. The van der Waals surface area contributed by atoms with Gasteiger partial charge in [-0.25, -0.2) is 0 Å². The van der Waals surface area contributed by atoms with Gasteiger partial charge in [-0.15, -0.1) is 0 Å². The van der Waals surface area contributed by atoms with E-state index < -0.39 is 29.3 Å². The zero-order valence-corrected chi connectivity index (χ0v) is 24.2. The second-order valence-electron chi connectivity index (χ2n) is 12.2. The number of Topliss-reactive ketones (excluding diaryl/α,β-unsaturated/α-hetero) is 1. The number of anilines is 1. The fourth-order valence-corrected chi connectivity index (χ4v) is 7.79. The molecule has 10 heteroatoms. The number of nitrogens with zero attached hydrogens (tertiary/aromatic N) is 3. The minimum Gasteiger partial charge on any atom is -0.510 e. The van der Waals surface area contributed by atoms with Crippen LogP contribution in [0.1, 0.15) is 53.6 Å². The highest BCUT2D eigenvalue weighted by Crippen LogP contribution is 2.55. The summed E-state index contributed by atoms with van der Waals surface area (Å²) in [6, 6.07) is 1.05. The van der Waals surface area contributed by atoms with E-state index in [1.54, 1.807) is 25.1 Å². The van der Waals surface area contributed by atoms with E-state index >= 15 is 0 Å². The smallest absolute Gasteiger partial charge is 0.248 e. The summed E-state index contributed by atoms with van der Waals surface area (Å²) >= 11 is 0. The van der Waals surface area contributed by atoms with Gasteiger partial charge in [-0.1, -0.05) is 6.42 Å². The molecule has 1 aromatic rings. The van der Waals surface area contributed by atoms with Gasteiger partial charge in [-0.05, 0) is 76.0 Å². The Kier molecular flexibility index (Phi) is 7.39. The van der Waals surface area contributed by atoms with E-state index in [4.69, 9.17) is 10.5 Å². The molecule has 5 rings (SSSR count). The molecule has 1 aromatic carbocycles. The summed E-state index contributed by atoms with van der Waals surface area (Å²) in [5.74, 6) is -2.49. The van der Waals surface area contributed by atoms with E-state index in [0.29, 0.717) is 19.4 Å². The molecule has 1 heterocycles.